The predicted molar refractivity (Wildman–Crippen MR) is 120 cm³/mol. The van der Waals surface area contributed by atoms with Gasteiger partial charge in [0.05, 0.1) is 23.5 Å². The van der Waals surface area contributed by atoms with Crippen LogP contribution in [0.25, 0.3) is 0 Å². The highest BCUT2D eigenvalue weighted by molar-refractivity contribution is 8.01. The molecule has 0 aliphatic heterocycles. The van der Waals surface area contributed by atoms with E-state index in [-0.39, 0.29) is 23.8 Å². The van der Waals surface area contributed by atoms with E-state index in [1.165, 1.54) is 34.1 Å². The standard InChI is InChI=1S/C21H21N3O5S2/c1-14-13-30-21(22-14)31-19-9-8-15(12-16(19)24(26)27)20(25)23(2)10-11-29-18-7-5-4-6-17(18)28-3/h4-9,12-13H,10-11H2,1-3H3. The van der Waals surface area contributed by atoms with Gasteiger partial charge in [0.2, 0.25) is 0 Å². The van der Waals surface area contributed by atoms with Gasteiger partial charge in [-0.05, 0) is 31.2 Å². The number of nitro benzene ring substituents is 1. The Morgan fingerprint density at radius 1 is 1.26 bits per heavy atom. The van der Waals surface area contributed by atoms with Gasteiger partial charge in [0, 0.05) is 29.8 Å². The van der Waals surface area contributed by atoms with Crippen molar-refractivity contribution in [1.82, 2.24) is 9.88 Å². The van der Waals surface area contributed by atoms with E-state index in [0.717, 1.165) is 5.69 Å². The first-order valence-corrected chi connectivity index (χ1v) is 11.0. The number of nitro groups is 1. The first-order valence-electron chi connectivity index (χ1n) is 9.28. The zero-order chi connectivity index (χ0) is 22.4. The van der Waals surface area contributed by atoms with Gasteiger partial charge in [-0.2, -0.15) is 0 Å². The van der Waals surface area contributed by atoms with Gasteiger partial charge in [0.15, 0.2) is 15.8 Å². The number of hydrogen-bond donors (Lipinski definition) is 0. The summed E-state index contributed by atoms with van der Waals surface area (Å²) in [5.74, 6) is 0.865. The summed E-state index contributed by atoms with van der Waals surface area (Å²) in [7, 11) is 3.18. The number of aromatic nitrogens is 1. The van der Waals surface area contributed by atoms with E-state index in [0.29, 0.717) is 27.3 Å². The number of thiazole rings is 1. The highest BCUT2D eigenvalue weighted by Crippen LogP contribution is 2.37. The number of benzene rings is 2. The smallest absolute Gasteiger partial charge is 0.284 e. The summed E-state index contributed by atoms with van der Waals surface area (Å²) in [6, 6.07) is 11.7. The van der Waals surface area contributed by atoms with Crippen molar-refractivity contribution in [2.75, 3.05) is 27.3 Å². The number of para-hydroxylation sites is 2. The molecule has 3 aromatic rings. The topological polar surface area (TPSA) is 94.8 Å². The molecule has 0 aliphatic rings. The van der Waals surface area contributed by atoms with Crippen molar-refractivity contribution < 1.29 is 19.2 Å². The second-order valence-electron chi connectivity index (χ2n) is 6.52. The van der Waals surface area contributed by atoms with Crippen molar-refractivity contribution in [3.8, 4) is 11.5 Å². The average Bonchev–Trinajstić information content (AvgIpc) is 3.18. The van der Waals surface area contributed by atoms with Crippen molar-refractivity contribution in [2.24, 2.45) is 0 Å². The lowest BCUT2D eigenvalue weighted by atomic mass is 10.2. The number of carbonyl (C=O) groups is 1. The van der Waals surface area contributed by atoms with Gasteiger partial charge in [0.1, 0.15) is 6.61 Å². The van der Waals surface area contributed by atoms with Crippen LogP contribution in [0.1, 0.15) is 16.1 Å². The monoisotopic (exact) mass is 459 g/mol. The van der Waals surface area contributed by atoms with Gasteiger partial charge in [0.25, 0.3) is 11.6 Å². The Morgan fingerprint density at radius 2 is 2.00 bits per heavy atom. The van der Waals surface area contributed by atoms with E-state index in [4.69, 9.17) is 9.47 Å². The molecule has 0 bridgehead atoms. The maximum Gasteiger partial charge on any atom is 0.284 e. The van der Waals surface area contributed by atoms with E-state index < -0.39 is 4.92 Å². The minimum atomic E-state index is -0.482. The summed E-state index contributed by atoms with van der Waals surface area (Å²) < 4.78 is 11.6. The average molecular weight is 460 g/mol. The zero-order valence-electron chi connectivity index (χ0n) is 17.2. The molecule has 0 atom stereocenters. The largest absolute Gasteiger partial charge is 0.493 e. The molecule has 0 unspecified atom stereocenters. The maximum atomic E-state index is 12.8. The molecule has 0 saturated carbocycles. The van der Waals surface area contributed by atoms with Gasteiger partial charge in [-0.1, -0.05) is 23.9 Å². The van der Waals surface area contributed by atoms with E-state index in [2.05, 4.69) is 4.98 Å². The molecule has 8 nitrogen and oxygen atoms in total. The fourth-order valence-electron chi connectivity index (χ4n) is 2.71. The Kier molecular flexibility index (Phi) is 7.48. The molecule has 1 heterocycles. The maximum absolute atomic E-state index is 12.8. The molecule has 0 spiro atoms. The summed E-state index contributed by atoms with van der Waals surface area (Å²) in [6.07, 6.45) is 0. The van der Waals surface area contributed by atoms with Crippen LogP contribution < -0.4 is 9.47 Å². The van der Waals surface area contributed by atoms with Crippen LogP contribution in [0.3, 0.4) is 0 Å². The highest BCUT2D eigenvalue weighted by atomic mass is 32.2. The minimum absolute atomic E-state index is 0.123. The van der Waals surface area contributed by atoms with E-state index in [1.54, 1.807) is 38.4 Å². The lowest BCUT2D eigenvalue weighted by Gasteiger charge is -2.18. The van der Waals surface area contributed by atoms with Crippen LogP contribution in [0.5, 0.6) is 11.5 Å². The third kappa shape index (κ3) is 5.74. The number of ether oxygens (including phenoxy) is 2. The molecule has 0 N–H and O–H groups in total. The third-order valence-corrected chi connectivity index (χ3v) is 6.42. The van der Waals surface area contributed by atoms with Gasteiger partial charge in [-0.25, -0.2) is 4.98 Å². The van der Waals surface area contributed by atoms with Gasteiger partial charge < -0.3 is 14.4 Å². The molecule has 1 amide bonds. The van der Waals surface area contributed by atoms with Crippen molar-refractivity contribution in [3.05, 3.63) is 69.2 Å². The van der Waals surface area contributed by atoms with E-state index in [1.807, 2.05) is 24.4 Å². The lowest BCUT2D eigenvalue weighted by molar-refractivity contribution is -0.387. The second kappa shape index (κ2) is 10.3. The normalized spacial score (nSPS) is 10.5. The summed E-state index contributed by atoms with van der Waals surface area (Å²) in [6.45, 7) is 2.42. The van der Waals surface area contributed by atoms with Crippen molar-refractivity contribution in [2.45, 2.75) is 16.2 Å². The molecule has 0 aliphatic carbocycles. The molecule has 162 valence electrons. The number of nitrogens with zero attached hydrogens (tertiary/aromatic N) is 3. The number of carbonyl (C=O) groups excluding carboxylic acids is 1. The number of methoxy groups -OCH3 is 1. The molecule has 10 heteroatoms. The van der Waals surface area contributed by atoms with Gasteiger partial charge in [-0.15, -0.1) is 11.3 Å². The van der Waals surface area contributed by atoms with Crippen LogP contribution in [0.15, 0.2) is 57.1 Å². The summed E-state index contributed by atoms with van der Waals surface area (Å²) in [5.41, 5.74) is 0.979. The molecule has 31 heavy (non-hydrogen) atoms. The molecular formula is C21H21N3O5S2. The predicted octanol–water partition coefficient (Wildman–Crippen LogP) is 4.67. The molecule has 0 radical (unpaired) electrons. The van der Waals surface area contributed by atoms with Crippen LogP contribution in [-0.2, 0) is 0 Å². The van der Waals surface area contributed by atoms with Gasteiger partial charge in [-0.3, -0.25) is 14.9 Å². The zero-order valence-corrected chi connectivity index (χ0v) is 18.9. The number of rotatable bonds is 9. The molecule has 2 aromatic carbocycles. The Labute approximate surface area is 188 Å². The SMILES string of the molecule is COc1ccccc1OCCN(C)C(=O)c1ccc(Sc2nc(C)cs2)c([N+](=O)[O-])c1. The molecule has 3 rings (SSSR count). The van der Waals surface area contributed by atoms with Crippen molar-refractivity contribution >= 4 is 34.7 Å². The quantitative estimate of drug-likeness (QED) is 0.339. The van der Waals surface area contributed by atoms with Crippen LogP contribution >= 0.6 is 23.1 Å². The van der Waals surface area contributed by atoms with Gasteiger partial charge >= 0.3 is 0 Å². The Balaban J connectivity index is 1.67. The number of aryl methyl sites for hydroxylation is 1. The number of likely N-dealkylation sites (N-methyl/N-ethyl adjacent to an activating group) is 1. The van der Waals surface area contributed by atoms with Crippen LogP contribution in [0.4, 0.5) is 5.69 Å². The fraction of sp³-hybridized carbons (Fsp3) is 0.238. The third-order valence-electron chi connectivity index (χ3n) is 4.30. The van der Waals surface area contributed by atoms with E-state index in [9.17, 15) is 14.9 Å². The number of amides is 1. The Hall–Kier alpha value is -3.11. The van der Waals surface area contributed by atoms with Crippen LogP contribution in [0.2, 0.25) is 0 Å². The van der Waals surface area contributed by atoms with E-state index >= 15 is 0 Å². The Morgan fingerprint density at radius 3 is 2.65 bits per heavy atom. The summed E-state index contributed by atoms with van der Waals surface area (Å²) >= 11 is 2.64. The minimum Gasteiger partial charge on any atom is -0.493 e. The molecular weight excluding hydrogens is 438 g/mol. The fourth-order valence-corrected chi connectivity index (χ4v) is 4.58. The van der Waals surface area contributed by atoms with Crippen LogP contribution in [-0.4, -0.2) is 48.0 Å². The molecule has 1 aromatic heterocycles. The van der Waals surface area contributed by atoms with Crippen LogP contribution in [0, 0.1) is 17.0 Å². The molecule has 0 fully saturated rings. The highest BCUT2D eigenvalue weighted by Gasteiger charge is 2.21. The molecule has 0 saturated heterocycles. The number of hydrogen-bond acceptors (Lipinski definition) is 8. The summed E-state index contributed by atoms with van der Waals surface area (Å²) in [4.78, 5) is 30.1. The van der Waals surface area contributed by atoms with Crippen molar-refractivity contribution in [3.63, 3.8) is 0 Å². The first kappa shape index (κ1) is 22.6. The second-order valence-corrected chi connectivity index (χ2v) is 8.67. The summed E-state index contributed by atoms with van der Waals surface area (Å²) in [5, 5.41) is 13.5. The lowest BCUT2D eigenvalue weighted by Crippen LogP contribution is -2.31. The first-order chi connectivity index (χ1) is 14.9. The van der Waals surface area contributed by atoms with Crippen molar-refractivity contribution in [1.29, 1.82) is 0 Å². The Bertz CT molecular complexity index is 1090.